The molecule has 0 aromatic heterocycles. The summed E-state index contributed by atoms with van der Waals surface area (Å²) in [6.45, 7) is 14.9. The number of primary amides is 1. The largest absolute Gasteiger partial charge is 0.368 e. The number of rotatable bonds is 5. The van der Waals surface area contributed by atoms with Crippen LogP contribution in [-0.2, 0) is 9.59 Å². The Morgan fingerprint density at radius 3 is 2.14 bits per heavy atom. The van der Waals surface area contributed by atoms with Crippen molar-refractivity contribution in [3.05, 3.63) is 0 Å². The van der Waals surface area contributed by atoms with Crippen molar-refractivity contribution in [3.8, 4) is 11.5 Å². The Labute approximate surface area is 130 Å². The van der Waals surface area contributed by atoms with Gasteiger partial charge in [-0.25, -0.2) is 0 Å². The molecular formula is C16H30N2O2Si. The number of carbonyl (C=O) groups excluding carboxylic acids is 2. The van der Waals surface area contributed by atoms with Crippen LogP contribution in [0.15, 0.2) is 0 Å². The van der Waals surface area contributed by atoms with Crippen molar-refractivity contribution in [2.75, 3.05) is 0 Å². The van der Waals surface area contributed by atoms with Gasteiger partial charge >= 0.3 is 0 Å². The summed E-state index contributed by atoms with van der Waals surface area (Å²) < 4.78 is 0. The predicted octanol–water partition coefficient (Wildman–Crippen LogP) is 2.44. The molecule has 5 heteroatoms. The van der Waals surface area contributed by atoms with E-state index >= 15 is 0 Å². The van der Waals surface area contributed by atoms with E-state index in [9.17, 15) is 9.59 Å². The standard InChI is InChI=1S/C16H30N2O2Si/c1-12(2)11-14(19)18-13(15(17)20)9-8-10-21(6,7)16(3,4)5/h12-13H,9,11H2,1-7H3,(H2,17,20)(H,18,19)/t13-/m0/s1. The topological polar surface area (TPSA) is 72.2 Å². The highest BCUT2D eigenvalue weighted by atomic mass is 28.3. The molecule has 0 radical (unpaired) electrons. The first kappa shape index (κ1) is 19.7. The van der Waals surface area contributed by atoms with E-state index in [-0.39, 0.29) is 23.3 Å². The lowest BCUT2D eigenvalue weighted by molar-refractivity contribution is -0.127. The highest BCUT2D eigenvalue weighted by molar-refractivity contribution is 6.87. The molecule has 0 aliphatic carbocycles. The maximum Gasteiger partial charge on any atom is 0.240 e. The van der Waals surface area contributed by atoms with Gasteiger partial charge in [0.1, 0.15) is 14.1 Å². The summed E-state index contributed by atoms with van der Waals surface area (Å²) in [5.74, 6) is 2.63. The van der Waals surface area contributed by atoms with Crippen LogP contribution >= 0.6 is 0 Å². The summed E-state index contributed by atoms with van der Waals surface area (Å²) in [5.41, 5.74) is 8.67. The summed E-state index contributed by atoms with van der Waals surface area (Å²) in [6, 6.07) is -0.700. The van der Waals surface area contributed by atoms with E-state index in [1.807, 2.05) is 13.8 Å². The van der Waals surface area contributed by atoms with Gasteiger partial charge in [0.05, 0.1) is 0 Å². The monoisotopic (exact) mass is 310 g/mol. The Balaban J connectivity index is 4.77. The molecule has 4 nitrogen and oxygen atoms in total. The zero-order valence-corrected chi connectivity index (χ0v) is 15.5. The fourth-order valence-electron chi connectivity index (χ4n) is 1.41. The first-order valence-corrected chi connectivity index (χ1v) is 10.5. The highest BCUT2D eigenvalue weighted by Crippen LogP contribution is 2.35. The molecule has 120 valence electrons. The average molecular weight is 311 g/mol. The van der Waals surface area contributed by atoms with E-state index in [4.69, 9.17) is 5.73 Å². The number of carbonyl (C=O) groups is 2. The van der Waals surface area contributed by atoms with Crippen molar-refractivity contribution in [2.24, 2.45) is 11.7 Å². The first-order valence-electron chi connectivity index (χ1n) is 7.45. The Morgan fingerprint density at radius 1 is 1.24 bits per heavy atom. The minimum Gasteiger partial charge on any atom is -0.368 e. The van der Waals surface area contributed by atoms with Gasteiger partial charge in [-0.3, -0.25) is 9.59 Å². The molecule has 0 spiro atoms. The van der Waals surface area contributed by atoms with Crippen molar-refractivity contribution in [1.29, 1.82) is 0 Å². The van der Waals surface area contributed by atoms with E-state index in [0.29, 0.717) is 6.42 Å². The maximum absolute atomic E-state index is 11.7. The minimum atomic E-state index is -1.70. The molecular weight excluding hydrogens is 280 g/mol. The first-order chi connectivity index (χ1) is 9.36. The third kappa shape index (κ3) is 7.33. The molecule has 0 bridgehead atoms. The number of nitrogens with one attached hydrogen (secondary N) is 1. The van der Waals surface area contributed by atoms with Crippen LogP contribution in [0.4, 0.5) is 0 Å². The molecule has 0 aromatic rings. The summed E-state index contributed by atoms with van der Waals surface area (Å²) in [5, 5.41) is 2.84. The van der Waals surface area contributed by atoms with Gasteiger partial charge in [0.15, 0.2) is 0 Å². The van der Waals surface area contributed by atoms with Crippen LogP contribution in [0.1, 0.15) is 47.5 Å². The number of amides is 2. The molecule has 0 saturated heterocycles. The summed E-state index contributed by atoms with van der Waals surface area (Å²) >= 11 is 0. The van der Waals surface area contributed by atoms with Crippen molar-refractivity contribution >= 4 is 19.9 Å². The second-order valence-corrected chi connectivity index (χ2v) is 12.5. The fraction of sp³-hybridized carbons (Fsp3) is 0.750. The van der Waals surface area contributed by atoms with Gasteiger partial charge in [0.25, 0.3) is 0 Å². The van der Waals surface area contributed by atoms with Gasteiger partial charge in [-0.2, -0.15) is 0 Å². The van der Waals surface area contributed by atoms with Crippen molar-refractivity contribution < 1.29 is 9.59 Å². The Bertz CT molecular complexity index is 439. The summed E-state index contributed by atoms with van der Waals surface area (Å²) in [7, 11) is -1.70. The summed E-state index contributed by atoms with van der Waals surface area (Å²) in [6.07, 6.45) is 0.672. The number of nitrogens with two attached hydrogens (primary N) is 1. The quantitative estimate of drug-likeness (QED) is 0.605. The molecule has 0 unspecified atom stereocenters. The van der Waals surface area contributed by atoms with Gasteiger partial charge in [-0.15, -0.1) is 11.5 Å². The number of hydrogen-bond acceptors (Lipinski definition) is 2. The SMILES string of the molecule is CC(C)CC(=O)N[C@@H](CC#C[Si](C)(C)C(C)(C)C)C(N)=O. The molecule has 0 heterocycles. The van der Waals surface area contributed by atoms with Crippen LogP contribution in [0.25, 0.3) is 0 Å². The molecule has 0 saturated carbocycles. The smallest absolute Gasteiger partial charge is 0.240 e. The van der Waals surface area contributed by atoms with Crippen LogP contribution in [0.5, 0.6) is 0 Å². The number of hydrogen-bond donors (Lipinski definition) is 2. The highest BCUT2D eigenvalue weighted by Gasteiger charge is 2.33. The van der Waals surface area contributed by atoms with E-state index in [1.54, 1.807) is 0 Å². The third-order valence-electron chi connectivity index (χ3n) is 3.85. The van der Waals surface area contributed by atoms with Crippen LogP contribution in [0, 0.1) is 17.4 Å². The molecule has 1 atom stereocenters. The molecule has 0 rings (SSSR count). The van der Waals surface area contributed by atoms with E-state index in [0.717, 1.165) is 0 Å². The van der Waals surface area contributed by atoms with Gasteiger partial charge in [0.2, 0.25) is 11.8 Å². The van der Waals surface area contributed by atoms with Gasteiger partial charge in [-0.05, 0) is 11.0 Å². The summed E-state index contributed by atoms with van der Waals surface area (Å²) in [4.78, 5) is 23.2. The second kappa shape index (κ2) is 7.65. The van der Waals surface area contributed by atoms with Gasteiger partial charge < -0.3 is 11.1 Å². The molecule has 0 fully saturated rings. The average Bonchev–Trinajstić information content (AvgIpc) is 2.24. The van der Waals surface area contributed by atoms with Crippen molar-refractivity contribution in [2.45, 2.75) is 71.6 Å². The molecule has 0 aliphatic heterocycles. The normalized spacial score (nSPS) is 13.3. The van der Waals surface area contributed by atoms with E-state index in [1.165, 1.54) is 0 Å². The van der Waals surface area contributed by atoms with Gasteiger partial charge in [0, 0.05) is 12.8 Å². The van der Waals surface area contributed by atoms with Crippen LogP contribution in [0.2, 0.25) is 18.1 Å². The fourth-order valence-corrected chi connectivity index (χ4v) is 2.33. The molecule has 0 aliphatic rings. The van der Waals surface area contributed by atoms with Crippen LogP contribution < -0.4 is 11.1 Å². The Kier molecular flexibility index (Phi) is 7.18. The van der Waals surface area contributed by atoms with Crippen molar-refractivity contribution in [3.63, 3.8) is 0 Å². The zero-order chi connectivity index (χ0) is 16.8. The van der Waals surface area contributed by atoms with Crippen LogP contribution in [0.3, 0.4) is 0 Å². The van der Waals surface area contributed by atoms with Crippen molar-refractivity contribution in [1.82, 2.24) is 5.32 Å². The maximum atomic E-state index is 11.7. The van der Waals surface area contributed by atoms with E-state index in [2.05, 4.69) is 50.6 Å². The predicted molar refractivity (Wildman–Crippen MR) is 90.2 cm³/mol. The molecule has 2 amide bonds. The molecule has 0 aromatic carbocycles. The molecule has 21 heavy (non-hydrogen) atoms. The minimum absolute atomic E-state index is 0.150. The zero-order valence-electron chi connectivity index (χ0n) is 14.5. The van der Waals surface area contributed by atoms with E-state index < -0.39 is 20.0 Å². The Hall–Kier alpha value is -1.28. The second-order valence-electron chi connectivity index (χ2n) is 7.50. The lowest BCUT2D eigenvalue weighted by atomic mass is 10.1. The Morgan fingerprint density at radius 2 is 1.76 bits per heavy atom. The molecule has 3 N–H and O–H groups in total. The lowest BCUT2D eigenvalue weighted by Gasteiger charge is -2.31. The third-order valence-corrected chi connectivity index (χ3v) is 8.41. The lowest BCUT2D eigenvalue weighted by Crippen LogP contribution is -2.44. The van der Waals surface area contributed by atoms with Crippen LogP contribution in [-0.4, -0.2) is 25.9 Å². The van der Waals surface area contributed by atoms with Gasteiger partial charge in [-0.1, -0.05) is 47.7 Å².